The Bertz CT molecular complexity index is 494. The summed E-state index contributed by atoms with van der Waals surface area (Å²) in [6, 6.07) is 3.51. The molecular formula is C16H23ClO7. The maximum absolute atomic E-state index is 6.28. The third-order valence-electron chi connectivity index (χ3n) is 3.20. The van der Waals surface area contributed by atoms with Gasteiger partial charge in [0.1, 0.15) is 6.10 Å². The molecule has 0 aromatic heterocycles. The van der Waals surface area contributed by atoms with Crippen molar-refractivity contribution in [3.8, 4) is 11.5 Å². The summed E-state index contributed by atoms with van der Waals surface area (Å²) in [5.41, 5.74) is 0.871. The number of halogens is 1. The van der Waals surface area contributed by atoms with Gasteiger partial charge in [-0.25, -0.2) is 0 Å². The van der Waals surface area contributed by atoms with Crippen LogP contribution in [0.15, 0.2) is 12.1 Å². The minimum atomic E-state index is 0.0151. The molecule has 8 heteroatoms. The van der Waals surface area contributed by atoms with Crippen LogP contribution in [0.2, 0.25) is 5.02 Å². The van der Waals surface area contributed by atoms with Crippen LogP contribution in [0.4, 0.5) is 0 Å². The number of ether oxygens (including phenoxy) is 7. The Balaban J connectivity index is 1.93. The van der Waals surface area contributed by atoms with Crippen LogP contribution < -0.4 is 9.47 Å². The summed E-state index contributed by atoms with van der Waals surface area (Å²) in [5, 5.41) is 0.567. The van der Waals surface area contributed by atoms with Gasteiger partial charge in [0.2, 0.25) is 0 Å². The Morgan fingerprint density at radius 1 is 0.958 bits per heavy atom. The molecule has 0 saturated carbocycles. The fraction of sp³-hybridized carbons (Fsp3) is 0.625. The first kappa shape index (κ1) is 19.2. The van der Waals surface area contributed by atoms with Gasteiger partial charge in [-0.2, -0.15) is 0 Å². The van der Waals surface area contributed by atoms with Gasteiger partial charge < -0.3 is 33.2 Å². The molecule has 0 aliphatic carbocycles. The van der Waals surface area contributed by atoms with Crippen molar-refractivity contribution in [1.29, 1.82) is 0 Å². The van der Waals surface area contributed by atoms with Crippen LogP contribution in [-0.2, 0) is 23.7 Å². The number of rotatable bonds is 13. The zero-order valence-electron chi connectivity index (χ0n) is 13.9. The van der Waals surface area contributed by atoms with E-state index in [1.54, 1.807) is 20.3 Å². The van der Waals surface area contributed by atoms with E-state index >= 15 is 0 Å². The monoisotopic (exact) mass is 362 g/mol. The third-order valence-corrected chi connectivity index (χ3v) is 3.53. The largest absolute Gasteiger partial charge is 0.464 e. The lowest BCUT2D eigenvalue weighted by Crippen LogP contribution is -2.11. The maximum atomic E-state index is 6.28. The summed E-state index contributed by atoms with van der Waals surface area (Å²) in [5.74, 6) is 1.01. The van der Waals surface area contributed by atoms with Crippen LogP contribution in [0.1, 0.15) is 11.7 Å². The first-order valence-corrected chi connectivity index (χ1v) is 7.98. The molecule has 1 heterocycles. The number of benzene rings is 1. The zero-order chi connectivity index (χ0) is 17.2. The summed E-state index contributed by atoms with van der Waals surface area (Å²) in [6.07, 6.45) is 0.0151. The van der Waals surface area contributed by atoms with E-state index < -0.39 is 0 Å². The second-order valence-corrected chi connectivity index (χ2v) is 5.38. The van der Waals surface area contributed by atoms with Crippen molar-refractivity contribution in [1.82, 2.24) is 0 Å². The van der Waals surface area contributed by atoms with E-state index in [-0.39, 0.29) is 19.7 Å². The summed E-state index contributed by atoms with van der Waals surface area (Å²) < 4.78 is 37.0. The van der Waals surface area contributed by atoms with Crippen molar-refractivity contribution in [2.75, 3.05) is 60.8 Å². The number of hydrogen-bond acceptors (Lipinski definition) is 7. The molecule has 1 aromatic carbocycles. The molecular weight excluding hydrogens is 340 g/mol. The average molecular weight is 363 g/mol. The van der Waals surface area contributed by atoms with Crippen LogP contribution in [0.3, 0.4) is 0 Å². The minimum Gasteiger partial charge on any atom is -0.464 e. The zero-order valence-corrected chi connectivity index (χ0v) is 14.7. The molecule has 1 aliphatic heterocycles. The van der Waals surface area contributed by atoms with E-state index in [9.17, 15) is 0 Å². The molecule has 1 unspecified atom stereocenters. The lowest BCUT2D eigenvalue weighted by Gasteiger charge is -2.15. The topological polar surface area (TPSA) is 67.9 Å². The molecule has 1 aliphatic rings. The minimum absolute atomic E-state index is 0.0151. The van der Waals surface area contributed by atoms with Crippen molar-refractivity contribution < 1.29 is 33.2 Å². The predicted molar refractivity (Wildman–Crippen MR) is 86.8 cm³/mol. The second-order valence-electron chi connectivity index (χ2n) is 4.97. The molecule has 1 saturated heterocycles. The summed E-state index contributed by atoms with van der Waals surface area (Å²) >= 11 is 6.28. The Hall–Kier alpha value is -1.09. The van der Waals surface area contributed by atoms with Gasteiger partial charge in [-0.15, -0.1) is 0 Å². The molecule has 1 fully saturated rings. The van der Waals surface area contributed by atoms with E-state index in [4.69, 9.17) is 44.8 Å². The van der Waals surface area contributed by atoms with Crippen LogP contribution in [-0.4, -0.2) is 60.8 Å². The standard InChI is InChI=1S/C16H23ClO7/c1-18-3-5-20-10-23-14-7-12(16-9-22-16)13(17)8-15(14)24-11-21-6-4-19-2/h7-8,16H,3-6,9-11H2,1-2H3. The van der Waals surface area contributed by atoms with Crippen molar-refractivity contribution >= 4 is 11.6 Å². The highest BCUT2D eigenvalue weighted by atomic mass is 35.5. The van der Waals surface area contributed by atoms with Gasteiger partial charge in [0, 0.05) is 25.8 Å². The molecule has 0 radical (unpaired) electrons. The highest BCUT2D eigenvalue weighted by Gasteiger charge is 2.28. The molecule has 0 spiro atoms. The van der Waals surface area contributed by atoms with Gasteiger partial charge in [0.25, 0.3) is 0 Å². The second kappa shape index (κ2) is 10.7. The van der Waals surface area contributed by atoms with Crippen molar-refractivity contribution in [2.45, 2.75) is 6.10 Å². The highest BCUT2D eigenvalue weighted by molar-refractivity contribution is 6.31. The SMILES string of the molecule is COCCOCOc1cc(Cl)c(C2CO2)cc1OCOCCOC. The molecule has 24 heavy (non-hydrogen) atoms. The quantitative estimate of drug-likeness (QED) is 0.303. The van der Waals surface area contributed by atoms with Crippen LogP contribution in [0.5, 0.6) is 11.5 Å². The first-order chi connectivity index (χ1) is 11.8. The number of methoxy groups -OCH3 is 2. The molecule has 2 rings (SSSR count). The summed E-state index contributed by atoms with van der Waals surface area (Å²) in [6.45, 7) is 2.69. The van der Waals surface area contributed by atoms with E-state index in [2.05, 4.69) is 0 Å². The van der Waals surface area contributed by atoms with Gasteiger partial charge in [0.05, 0.1) is 38.1 Å². The Morgan fingerprint density at radius 3 is 2.00 bits per heavy atom. The number of epoxide rings is 1. The fourth-order valence-electron chi connectivity index (χ4n) is 1.86. The highest BCUT2D eigenvalue weighted by Crippen LogP contribution is 2.41. The molecule has 1 atom stereocenters. The van der Waals surface area contributed by atoms with Gasteiger partial charge in [-0.1, -0.05) is 11.6 Å². The van der Waals surface area contributed by atoms with E-state index in [1.807, 2.05) is 6.07 Å². The van der Waals surface area contributed by atoms with Gasteiger partial charge >= 0.3 is 0 Å². The lowest BCUT2D eigenvalue weighted by atomic mass is 10.1. The van der Waals surface area contributed by atoms with Gasteiger partial charge in [-0.3, -0.25) is 0 Å². The molecule has 0 amide bonds. The Kier molecular flexibility index (Phi) is 8.58. The van der Waals surface area contributed by atoms with Crippen LogP contribution in [0, 0.1) is 0 Å². The molecule has 7 nitrogen and oxygen atoms in total. The Morgan fingerprint density at radius 2 is 1.50 bits per heavy atom. The fourth-order valence-corrected chi connectivity index (χ4v) is 2.14. The van der Waals surface area contributed by atoms with Crippen LogP contribution >= 0.6 is 11.6 Å². The predicted octanol–water partition coefficient (Wildman–Crippen LogP) is 2.41. The average Bonchev–Trinajstić information content (AvgIpc) is 3.41. The lowest BCUT2D eigenvalue weighted by molar-refractivity contribution is -0.0207. The van der Waals surface area contributed by atoms with E-state index in [0.29, 0.717) is 49.6 Å². The molecule has 0 bridgehead atoms. The maximum Gasteiger partial charge on any atom is 0.189 e. The van der Waals surface area contributed by atoms with Crippen molar-refractivity contribution in [2.24, 2.45) is 0 Å². The van der Waals surface area contributed by atoms with E-state index in [1.165, 1.54) is 0 Å². The summed E-state index contributed by atoms with van der Waals surface area (Å²) in [4.78, 5) is 0. The van der Waals surface area contributed by atoms with E-state index in [0.717, 1.165) is 5.56 Å². The molecule has 1 aromatic rings. The first-order valence-electron chi connectivity index (χ1n) is 7.60. The summed E-state index contributed by atoms with van der Waals surface area (Å²) in [7, 11) is 3.22. The van der Waals surface area contributed by atoms with Crippen molar-refractivity contribution in [3.05, 3.63) is 22.7 Å². The van der Waals surface area contributed by atoms with Gasteiger partial charge in [0.15, 0.2) is 25.1 Å². The third kappa shape index (κ3) is 6.43. The van der Waals surface area contributed by atoms with Gasteiger partial charge in [-0.05, 0) is 6.07 Å². The smallest absolute Gasteiger partial charge is 0.189 e. The van der Waals surface area contributed by atoms with Crippen molar-refractivity contribution in [3.63, 3.8) is 0 Å². The normalized spacial score (nSPS) is 16.2. The molecule has 0 N–H and O–H groups in total. The Labute approximate surface area is 146 Å². The molecule has 136 valence electrons. The van der Waals surface area contributed by atoms with Crippen LogP contribution in [0.25, 0.3) is 0 Å². The number of hydrogen-bond donors (Lipinski definition) is 0.